The Morgan fingerprint density at radius 3 is 2.27 bits per heavy atom. The lowest BCUT2D eigenvalue weighted by molar-refractivity contribution is 0.409. The Morgan fingerprint density at radius 2 is 1.82 bits per heavy atom. The highest BCUT2D eigenvalue weighted by atomic mass is 31.1. The van der Waals surface area contributed by atoms with Crippen LogP contribution in [0.15, 0.2) is 24.3 Å². The van der Waals surface area contributed by atoms with Gasteiger partial charge in [-0.05, 0) is 24.3 Å². The fourth-order valence-corrected chi connectivity index (χ4v) is 0.899. The van der Waals surface area contributed by atoms with Crippen LogP contribution in [0, 0.1) is 0 Å². The molecule has 0 aromatic heterocycles. The summed E-state index contributed by atoms with van der Waals surface area (Å²) in [7, 11) is -2.62. The number of phenols is 1. The maximum atomic E-state index is 10.1. The lowest BCUT2D eigenvalue weighted by Gasteiger charge is -1.90. The molecule has 0 bridgehead atoms. The van der Waals surface area contributed by atoms with Gasteiger partial charge in [-0.1, -0.05) is 0 Å². The van der Waals surface area contributed by atoms with E-state index in [0.717, 1.165) is 0 Å². The van der Waals surface area contributed by atoms with Crippen molar-refractivity contribution in [2.45, 2.75) is 0 Å². The molecule has 2 N–H and O–H groups in total. The van der Waals surface area contributed by atoms with E-state index in [1.807, 2.05) is 0 Å². The van der Waals surface area contributed by atoms with E-state index in [0.29, 0.717) is 0 Å². The van der Waals surface area contributed by atoms with Gasteiger partial charge in [-0.2, -0.15) is 0 Å². The van der Waals surface area contributed by atoms with Gasteiger partial charge in [-0.15, -0.1) is 4.89 Å². The fourth-order valence-electron chi connectivity index (χ4n) is 0.597. The fraction of sp³-hybridized carbons (Fsp3) is 0. The molecule has 0 fully saturated rings. The predicted octanol–water partition coefficient (Wildman–Crippen LogP) is 1.42. The summed E-state index contributed by atoms with van der Waals surface area (Å²) in [6.45, 7) is 0. The van der Waals surface area contributed by atoms with Crippen LogP contribution in [-0.2, 0) is 4.57 Å². The van der Waals surface area contributed by atoms with E-state index in [2.05, 4.69) is 4.52 Å². The van der Waals surface area contributed by atoms with E-state index in [-0.39, 0.29) is 11.5 Å². The van der Waals surface area contributed by atoms with Crippen molar-refractivity contribution in [1.82, 2.24) is 0 Å². The largest absolute Gasteiger partial charge is 0.747 e. The molecule has 0 saturated carbocycles. The molecule has 0 aliphatic heterocycles. The quantitative estimate of drug-likeness (QED) is 0.663. The average Bonchev–Trinajstić information content (AvgIpc) is 1.93. The molecule has 0 amide bonds. The number of aromatic hydroxyl groups is 1. The highest BCUT2D eigenvalue weighted by Gasteiger charge is 2.13. The molecule has 1 atom stereocenters. The van der Waals surface area contributed by atoms with Crippen LogP contribution in [-0.4, -0.2) is 10.00 Å². The number of hydrogen-bond acceptors (Lipinski definition) is 3. The third kappa shape index (κ3) is 2.53. The molecule has 5 heteroatoms. The summed E-state index contributed by atoms with van der Waals surface area (Å²) in [5.41, 5.74) is 0. The van der Waals surface area contributed by atoms with Crippen molar-refractivity contribution in [3.05, 3.63) is 24.3 Å². The van der Waals surface area contributed by atoms with Crippen LogP contribution < -0.4 is 4.52 Å². The van der Waals surface area contributed by atoms with Crippen molar-refractivity contribution >= 4 is 8.25 Å². The van der Waals surface area contributed by atoms with Crippen molar-refractivity contribution in [3.8, 4) is 11.5 Å². The molecular weight excluding hydrogens is 167 g/mol. The Balaban J connectivity index is 2.74. The average molecular weight is 173 g/mol. The van der Waals surface area contributed by atoms with Gasteiger partial charge in [0.05, 0.1) is 0 Å². The van der Waals surface area contributed by atoms with Crippen molar-refractivity contribution in [2.24, 2.45) is 0 Å². The molecule has 11 heavy (non-hydrogen) atoms. The van der Waals surface area contributed by atoms with Crippen LogP contribution in [0.3, 0.4) is 0 Å². The maximum Gasteiger partial charge on any atom is 0.747 e. The zero-order valence-electron chi connectivity index (χ0n) is 5.47. The van der Waals surface area contributed by atoms with E-state index >= 15 is 0 Å². The van der Waals surface area contributed by atoms with Crippen molar-refractivity contribution < 1.29 is 19.1 Å². The summed E-state index contributed by atoms with van der Waals surface area (Å²) in [5, 5.41) is 8.80. The third-order valence-electron chi connectivity index (χ3n) is 1.02. The van der Waals surface area contributed by atoms with Crippen molar-refractivity contribution in [1.29, 1.82) is 0 Å². The second-order valence-electron chi connectivity index (χ2n) is 1.82. The number of benzene rings is 1. The van der Waals surface area contributed by atoms with Gasteiger partial charge >= 0.3 is 8.25 Å². The monoisotopic (exact) mass is 173 g/mol. The van der Waals surface area contributed by atoms with Crippen molar-refractivity contribution in [3.63, 3.8) is 0 Å². The normalized spacial score (nSPS) is 10.8. The Kier molecular flexibility index (Phi) is 2.41. The van der Waals surface area contributed by atoms with Gasteiger partial charge in [0, 0.05) is 4.57 Å². The number of phenolic OH excluding ortho intramolecular Hbond substituents is 1. The van der Waals surface area contributed by atoms with Crippen molar-refractivity contribution in [2.75, 3.05) is 0 Å². The van der Waals surface area contributed by atoms with Gasteiger partial charge in [0.2, 0.25) is 0 Å². The second-order valence-corrected chi connectivity index (χ2v) is 2.48. The van der Waals surface area contributed by atoms with Crippen LogP contribution in [0.1, 0.15) is 0 Å². The first-order chi connectivity index (χ1) is 5.18. The topological polar surface area (TPSA) is 66.8 Å². The zero-order chi connectivity index (χ0) is 8.27. The molecular formula is C6H6O4P+. The van der Waals surface area contributed by atoms with E-state index in [4.69, 9.17) is 10.00 Å². The first-order valence-electron chi connectivity index (χ1n) is 2.81. The number of hydrogen-bond donors (Lipinski definition) is 2. The highest BCUT2D eigenvalue weighted by Crippen LogP contribution is 2.24. The molecule has 0 saturated heterocycles. The first kappa shape index (κ1) is 7.98. The predicted molar refractivity (Wildman–Crippen MR) is 38.6 cm³/mol. The molecule has 1 aromatic rings. The smallest absolute Gasteiger partial charge is 0.508 e. The molecule has 0 aliphatic carbocycles. The summed E-state index contributed by atoms with van der Waals surface area (Å²) in [6, 6.07) is 5.54. The maximum absolute atomic E-state index is 10.1. The highest BCUT2D eigenvalue weighted by molar-refractivity contribution is 7.32. The standard InChI is InChI=1S/C6H5O4P/c7-5-1-3-6(4-2-5)10-11(8)9/h1-4H,(H-,7,8,9)/p+1. The van der Waals surface area contributed by atoms with Gasteiger partial charge in [0.15, 0.2) is 5.75 Å². The Hall–Kier alpha value is -1.12. The van der Waals surface area contributed by atoms with Gasteiger partial charge < -0.3 is 5.11 Å². The molecule has 1 rings (SSSR count). The van der Waals surface area contributed by atoms with Crippen LogP contribution in [0.4, 0.5) is 0 Å². The van der Waals surface area contributed by atoms with Crippen LogP contribution in [0.2, 0.25) is 0 Å². The van der Waals surface area contributed by atoms with Crippen LogP contribution >= 0.6 is 8.25 Å². The van der Waals surface area contributed by atoms with Gasteiger partial charge in [-0.3, -0.25) is 0 Å². The lowest BCUT2D eigenvalue weighted by Crippen LogP contribution is -1.77. The molecule has 0 spiro atoms. The van der Waals surface area contributed by atoms with Gasteiger partial charge in [0.1, 0.15) is 5.75 Å². The minimum atomic E-state index is -2.62. The minimum absolute atomic E-state index is 0.0884. The number of rotatable bonds is 2. The third-order valence-corrected chi connectivity index (χ3v) is 1.39. The Morgan fingerprint density at radius 1 is 1.27 bits per heavy atom. The summed E-state index contributed by atoms with van der Waals surface area (Å²) in [4.78, 5) is 8.30. The van der Waals surface area contributed by atoms with Gasteiger partial charge in [-0.25, -0.2) is 4.52 Å². The molecule has 0 radical (unpaired) electrons. The van der Waals surface area contributed by atoms with E-state index in [1.54, 1.807) is 0 Å². The summed E-state index contributed by atoms with van der Waals surface area (Å²) < 4.78 is 14.5. The molecule has 0 aliphatic rings. The zero-order valence-corrected chi connectivity index (χ0v) is 6.36. The molecule has 0 heterocycles. The lowest BCUT2D eigenvalue weighted by atomic mass is 10.3. The molecule has 58 valence electrons. The molecule has 1 aromatic carbocycles. The van der Waals surface area contributed by atoms with Crippen LogP contribution in [0.5, 0.6) is 11.5 Å². The Labute approximate surface area is 64.0 Å². The molecule has 4 nitrogen and oxygen atoms in total. The minimum Gasteiger partial charge on any atom is -0.508 e. The van der Waals surface area contributed by atoms with E-state index in [1.165, 1.54) is 24.3 Å². The second kappa shape index (κ2) is 3.32. The van der Waals surface area contributed by atoms with E-state index < -0.39 is 8.25 Å². The first-order valence-corrected chi connectivity index (χ1v) is 3.94. The molecule has 1 unspecified atom stereocenters. The summed E-state index contributed by atoms with van der Waals surface area (Å²) in [5.74, 6) is 0.344. The Bertz CT molecular complexity index is 256. The summed E-state index contributed by atoms with van der Waals surface area (Å²) >= 11 is 0. The SMILES string of the molecule is O=[P+](O)Oc1ccc(O)cc1. The van der Waals surface area contributed by atoms with Gasteiger partial charge in [0.25, 0.3) is 0 Å². The summed E-state index contributed by atoms with van der Waals surface area (Å²) in [6.07, 6.45) is 0. The van der Waals surface area contributed by atoms with Crippen LogP contribution in [0.25, 0.3) is 0 Å². The van der Waals surface area contributed by atoms with E-state index in [9.17, 15) is 4.57 Å².